The van der Waals surface area contributed by atoms with Crippen molar-refractivity contribution in [1.29, 1.82) is 0 Å². The first-order chi connectivity index (χ1) is 53.3. The van der Waals surface area contributed by atoms with Crippen molar-refractivity contribution >= 4 is 59.1 Å². The van der Waals surface area contributed by atoms with Crippen molar-refractivity contribution in [1.82, 2.24) is 53.2 Å². The second kappa shape index (κ2) is 58.8. The number of carbonyl (C=O) groups excluding carboxylic acids is 10. The van der Waals surface area contributed by atoms with Crippen LogP contribution in [0.1, 0.15) is 188 Å². The van der Waals surface area contributed by atoms with Crippen molar-refractivity contribution in [2.75, 3.05) is 119 Å². The summed E-state index contributed by atoms with van der Waals surface area (Å²) in [5.41, 5.74) is -1.38. The summed E-state index contributed by atoms with van der Waals surface area (Å²) in [7, 11) is 0. The number of aliphatic hydroxyl groups is 9. The zero-order chi connectivity index (χ0) is 81.8. The third-order valence-electron chi connectivity index (χ3n) is 18.5. The van der Waals surface area contributed by atoms with Gasteiger partial charge in [-0.25, -0.2) is 0 Å². The van der Waals surface area contributed by atoms with Crippen LogP contribution >= 0.6 is 0 Å². The standard InChI is InChI=1S/C73H132N10O28/c1-5-6-7-8-9-10-11-12-13-26-60(96)83-73(45-103-39-27-57(93)77-33-20-30-74-54(90)23-14-17-36-106-70-61(80-48(2)87)67(100)64(97)51(42-84)109-70,46-104-40-28-58(94)78-34-21-31-75-55(91)24-15-18-37-107-71-62(81-49(3)88)68(101)65(98)52(43-85)110-71)47-105-41-29-59(95)79-35-22-32-76-56(92)25-16-19-38-108-72-63(82-50(4)89)69(102)66(99)53(44-86)111-72/h51-53,61-72,84-86,97-102H,5-47H2,1-4H3,(H,74,90)(H,75,91)(H,76,92)(H,77,93)(H,78,94)(H,79,95)(H,80,87)(H,81,88)(H,82,89)(H,83,96)/t51?,52?,53?,61?,62?,63?,64-,65-,66-,67?,68?,69?,70-,71-,72-,73?/m1/s1. The zero-order valence-electron chi connectivity index (χ0n) is 65.3. The second-order valence-corrected chi connectivity index (χ2v) is 28.3. The maximum absolute atomic E-state index is 13.9. The first kappa shape index (κ1) is 99.2. The summed E-state index contributed by atoms with van der Waals surface area (Å²) in [6, 6.07) is -3.26. The van der Waals surface area contributed by atoms with Gasteiger partial charge in [-0.15, -0.1) is 0 Å². The largest absolute Gasteiger partial charge is 0.394 e. The van der Waals surface area contributed by atoms with Crippen molar-refractivity contribution in [3.05, 3.63) is 0 Å². The molecule has 0 spiro atoms. The van der Waals surface area contributed by atoms with Crippen molar-refractivity contribution in [3.63, 3.8) is 0 Å². The predicted octanol–water partition coefficient (Wildman–Crippen LogP) is -3.76. The van der Waals surface area contributed by atoms with Crippen LogP contribution < -0.4 is 53.2 Å². The average molecular weight is 1600 g/mol. The van der Waals surface area contributed by atoms with E-state index in [-0.39, 0.29) is 185 Å². The van der Waals surface area contributed by atoms with Gasteiger partial charge in [-0.1, -0.05) is 58.3 Å². The lowest BCUT2D eigenvalue weighted by atomic mass is 9.97. The van der Waals surface area contributed by atoms with Gasteiger partial charge >= 0.3 is 0 Å². The summed E-state index contributed by atoms with van der Waals surface area (Å²) in [6.45, 7) is 4.89. The Labute approximate surface area is 650 Å². The second-order valence-electron chi connectivity index (χ2n) is 28.3. The molecule has 0 radical (unpaired) electrons. The van der Waals surface area contributed by atoms with Crippen LogP contribution in [0.5, 0.6) is 0 Å². The van der Waals surface area contributed by atoms with Crippen LogP contribution in [0.3, 0.4) is 0 Å². The van der Waals surface area contributed by atoms with E-state index in [4.69, 9.17) is 42.6 Å². The molecule has 3 rings (SSSR count). The topological polar surface area (TPSA) is 556 Å². The SMILES string of the molecule is CCCCCCCCCCCC(=O)NC(COCCC(=O)NCCCNC(=O)CCCCO[C@@H]1OC(CO)[C@@H](O)C(O)C1NC(C)=O)(COCCC(=O)NCCCNC(=O)CCCCO[C@@H]1OC(CO)[C@@H](O)C(O)C1NC(C)=O)COCCC(=O)NCCCNC(=O)CCCCO[C@@H]1OC(CO)[C@@H](O)C(O)C1NC(C)=O. The molecule has 0 aromatic rings. The molecule has 19 N–H and O–H groups in total. The molecule has 0 aliphatic carbocycles. The fourth-order valence-electron chi connectivity index (χ4n) is 12.2. The lowest BCUT2D eigenvalue weighted by Gasteiger charge is -2.42. The molecule has 3 aliphatic heterocycles. The summed E-state index contributed by atoms with van der Waals surface area (Å²) in [5, 5.41) is 118. The molecule has 642 valence electrons. The molecular formula is C73H132N10O28. The minimum Gasteiger partial charge on any atom is -0.394 e. The number of amides is 10. The van der Waals surface area contributed by atoms with Gasteiger partial charge in [0.15, 0.2) is 18.9 Å². The minimum atomic E-state index is -1.45. The van der Waals surface area contributed by atoms with Crippen LogP contribution in [-0.2, 0) is 90.6 Å². The van der Waals surface area contributed by atoms with Gasteiger partial charge < -0.3 is 142 Å². The number of carbonyl (C=O) groups is 10. The lowest BCUT2D eigenvalue weighted by Crippen LogP contribution is -2.64. The number of hydrogen-bond donors (Lipinski definition) is 19. The molecule has 0 bridgehead atoms. The molecule has 38 nitrogen and oxygen atoms in total. The van der Waals surface area contributed by atoms with Gasteiger partial charge in [0.1, 0.15) is 78.6 Å². The predicted molar refractivity (Wildman–Crippen MR) is 396 cm³/mol. The molecule has 3 aliphatic rings. The first-order valence-corrected chi connectivity index (χ1v) is 39.5. The maximum Gasteiger partial charge on any atom is 0.222 e. The van der Waals surface area contributed by atoms with E-state index in [9.17, 15) is 93.9 Å². The van der Waals surface area contributed by atoms with Crippen molar-refractivity contribution in [2.45, 2.75) is 286 Å². The Hall–Kier alpha value is -6.02. The number of aliphatic hydroxyl groups excluding tert-OH is 9. The number of hydrogen-bond acceptors (Lipinski definition) is 28. The van der Waals surface area contributed by atoms with E-state index in [1.54, 1.807) is 0 Å². The maximum atomic E-state index is 13.9. The van der Waals surface area contributed by atoms with Gasteiger partial charge in [-0.05, 0) is 64.2 Å². The Morgan fingerprint density at radius 2 is 0.568 bits per heavy atom. The molecule has 3 heterocycles. The summed E-state index contributed by atoms with van der Waals surface area (Å²) in [6.07, 6.45) is -2.28. The number of nitrogens with one attached hydrogen (secondary N) is 10. The van der Waals surface area contributed by atoms with E-state index in [2.05, 4.69) is 60.1 Å². The van der Waals surface area contributed by atoms with Gasteiger partial charge in [0.25, 0.3) is 0 Å². The Morgan fingerprint density at radius 3 is 0.838 bits per heavy atom. The Balaban J connectivity index is 1.54. The highest BCUT2D eigenvalue weighted by Gasteiger charge is 2.48. The van der Waals surface area contributed by atoms with Gasteiger partial charge in [-0.2, -0.15) is 0 Å². The highest BCUT2D eigenvalue weighted by atomic mass is 16.7. The van der Waals surface area contributed by atoms with E-state index in [1.807, 2.05) is 0 Å². The quantitative estimate of drug-likeness (QED) is 0.0260. The molecule has 38 heteroatoms. The summed E-state index contributed by atoms with van der Waals surface area (Å²) >= 11 is 0. The fourth-order valence-corrected chi connectivity index (χ4v) is 12.2. The average Bonchev–Trinajstić information content (AvgIpc) is 0.811. The summed E-state index contributed by atoms with van der Waals surface area (Å²) in [4.78, 5) is 126. The van der Waals surface area contributed by atoms with Gasteiger partial charge in [0.05, 0.1) is 59.5 Å². The van der Waals surface area contributed by atoms with Crippen LogP contribution in [-0.4, -0.2) is 321 Å². The molecule has 3 fully saturated rings. The Morgan fingerprint density at radius 1 is 0.315 bits per heavy atom. The summed E-state index contributed by atoms with van der Waals surface area (Å²) < 4.78 is 52.1. The third-order valence-corrected chi connectivity index (χ3v) is 18.5. The fraction of sp³-hybridized carbons (Fsp3) is 0.863. The first-order valence-electron chi connectivity index (χ1n) is 39.5. The van der Waals surface area contributed by atoms with Gasteiger partial charge in [0, 0.05) is 125 Å². The zero-order valence-corrected chi connectivity index (χ0v) is 65.3. The molecule has 0 saturated carbocycles. The van der Waals surface area contributed by atoms with E-state index in [0.29, 0.717) is 64.2 Å². The highest BCUT2D eigenvalue weighted by Crippen LogP contribution is 2.26. The lowest BCUT2D eigenvalue weighted by molar-refractivity contribution is -0.270. The van der Waals surface area contributed by atoms with E-state index in [0.717, 1.165) is 38.5 Å². The minimum absolute atomic E-state index is 0.0862. The van der Waals surface area contributed by atoms with E-state index in [1.165, 1.54) is 33.6 Å². The monoisotopic (exact) mass is 1600 g/mol. The van der Waals surface area contributed by atoms with Gasteiger partial charge in [0.2, 0.25) is 59.1 Å². The van der Waals surface area contributed by atoms with Crippen LogP contribution in [0.2, 0.25) is 0 Å². The van der Waals surface area contributed by atoms with Crippen molar-refractivity contribution < 1.29 is 137 Å². The smallest absolute Gasteiger partial charge is 0.222 e. The molecule has 0 aromatic carbocycles. The molecule has 0 aromatic heterocycles. The molecular weight excluding hydrogens is 1460 g/mol. The summed E-state index contributed by atoms with van der Waals surface area (Å²) in [5.74, 6) is -3.56. The van der Waals surface area contributed by atoms with Crippen LogP contribution in [0.25, 0.3) is 0 Å². The highest BCUT2D eigenvalue weighted by molar-refractivity contribution is 5.79. The number of ether oxygens (including phenoxy) is 9. The molecule has 10 amide bonds. The normalized spacial score (nSPS) is 24.3. The van der Waals surface area contributed by atoms with Crippen LogP contribution in [0.15, 0.2) is 0 Å². The van der Waals surface area contributed by atoms with Crippen LogP contribution in [0.4, 0.5) is 0 Å². The third kappa shape index (κ3) is 42.3. The molecule has 3 saturated heterocycles. The molecule has 9 unspecified atom stereocenters. The Kier molecular flexibility index (Phi) is 52.5. The number of rotatable bonds is 62. The Bertz CT molecular complexity index is 2420. The van der Waals surface area contributed by atoms with E-state index >= 15 is 0 Å². The van der Waals surface area contributed by atoms with Crippen molar-refractivity contribution in [3.8, 4) is 0 Å². The van der Waals surface area contributed by atoms with Gasteiger partial charge in [-0.3, -0.25) is 47.9 Å². The molecule has 15 atom stereocenters. The van der Waals surface area contributed by atoms with E-state index < -0.39 is 135 Å². The number of unbranched alkanes of at least 4 members (excludes halogenated alkanes) is 11. The van der Waals surface area contributed by atoms with Crippen molar-refractivity contribution in [2.24, 2.45) is 0 Å². The molecule has 111 heavy (non-hydrogen) atoms. The van der Waals surface area contributed by atoms with Crippen LogP contribution in [0, 0.1) is 0 Å².